The summed E-state index contributed by atoms with van der Waals surface area (Å²) in [6.07, 6.45) is 3.90. The van der Waals surface area contributed by atoms with Crippen LogP contribution in [0.3, 0.4) is 0 Å². The number of fused-ring (bicyclic) bond motifs is 2. The Labute approximate surface area is 188 Å². The van der Waals surface area contributed by atoms with Gasteiger partial charge in [0.1, 0.15) is 11.6 Å². The second-order valence-electron chi connectivity index (χ2n) is 8.78. The van der Waals surface area contributed by atoms with E-state index < -0.39 is 11.6 Å². The fourth-order valence-electron chi connectivity index (χ4n) is 4.04. The molecule has 166 valence electrons. The molecule has 32 heavy (non-hydrogen) atoms. The Morgan fingerprint density at radius 1 is 1.03 bits per heavy atom. The lowest BCUT2D eigenvalue weighted by atomic mass is 10.1. The number of carboxylic acids is 1. The van der Waals surface area contributed by atoms with E-state index in [-0.39, 0.29) is 0 Å². The molecule has 1 N–H and O–H groups in total. The van der Waals surface area contributed by atoms with Gasteiger partial charge in [-0.25, -0.2) is 9.78 Å². The van der Waals surface area contributed by atoms with Crippen molar-refractivity contribution in [3.63, 3.8) is 0 Å². The third-order valence-electron chi connectivity index (χ3n) is 5.82. The zero-order valence-electron chi connectivity index (χ0n) is 19.0. The minimum Gasteiger partial charge on any atom is -0.478 e. The zero-order chi connectivity index (χ0) is 22.7. The molecule has 0 radical (unpaired) electrons. The molecule has 0 unspecified atom stereocenters. The van der Waals surface area contributed by atoms with Gasteiger partial charge in [0.25, 0.3) is 0 Å². The maximum absolute atomic E-state index is 11.2. The van der Waals surface area contributed by atoms with E-state index in [0.717, 1.165) is 43.6 Å². The van der Waals surface area contributed by atoms with Crippen molar-refractivity contribution < 1.29 is 14.6 Å². The first-order chi connectivity index (χ1) is 15.4. The molecule has 0 saturated heterocycles. The molecule has 0 aliphatic carbocycles. The highest BCUT2D eigenvalue weighted by Gasteiger charge is 2.29. The zero-order valence-corrected chi connectivity index (χ0v) is 19.0. The van der Waals surface area contributed by atoms with E-state index in [9.17, 15) is 9.90 Å². The summed E-state index contributed by atoms with van der Waals surface area (Å²) in [6.45, 7) is 6.27. The fraction of sp³-hybridized carbons (Fsp3) is 0.333. The van der Waals surface area contributed by atoms with Crippen molar-refractivity contribution in [2.45, 2.75) is 58.6 Å². The number of carboxylic acid groups (broad SMARTS) is 1. The predicted octanol–water partition coefficient (Wildman–Crippen LogP) is 6.02. The van der Waals surface area contributed by atoms with Gasteiger partial charge in [0, 0.05) is 13.0 Å². The Bertz CT molecular complexity index is 1240. The predicted molar refractivity (Wildman–Crippen MR) is 128 cm³/mol. The molecule has 0 aliphatic rings. The van der Waals surface area contributed by atoms with Crippen molar-refractivity contribution >= 4 is 27.8 Å². The average Bonchev–Trinajstić information content (AvgIpc) is 3.09. The quantitative estimate of drug-likeness (QED) is 0.353. The van der Waals surface area contributed by atoms with Crippen LogP contribution in [0.1, 0.15) is 45.0 Å². The van der Waals surface area contributed by atoms with E-state index in [2.05, 4.69) is 47.9 Å². The van der Waals surface area contributed by atoms with E-state index in [4.69, 9.17) is 9.72 Å². The van der Waals surface area contributed by atoms with Crippen LogP contribution in [0.25, 0.3) is 21.8 Å². The lowest BCUT2D eigenvalue weighted by Crippen LogP contribution is -2.37. The van der Waals surface area contributed by atoms with Crippen LogP contribution in [0, 0.1) is 0 Å². The Balaban J connectivity index is 1.46. The maximum Gasteiger partial charge on any atom is 0.347 e. The number of aromatic nitrogens is 2. The molecule has 5 nitrogen and oxygen atoms in total. The smallest absolute Gasteiger partial charge is 0.347 e. The monoisotopic (exact) mass is 430 g/mol. The summed E-state index contributed by atoms with van der Waals surface area (Å²) in [5, 5.41) is 11.7. The van der Waals surface area contributed by atoms with E-state index in [1.165, 1.54) is 21.9 Å². The van der Waals surface area contributed by atoms with Crippen LogP contribution in [0.5, 0.6) is 5.75 Å². The van der Waals surface area contributed by atoms with Crippen molar-refractivity contribution in [2.75, 3.05) is 0 Å². The highest BCUT2D eigenvalue weighted by molar-refractivity contribution is 5.95. The first-order valence-corrected chi connectivity index (χ1v) is 11.3. The number of carbonyl (C=O) groups is 1. The first kappa shape index (κ1) is 21.9. The summed E-state index contributed by atoms with van der Waals surface area (Å²) in [6, 6.07) is 20.6. The molecule has 1 aromatic heterocycles. The largest absolute Gasteiger partial charge is 0.478 e. The second-order valence-corrected chi connectivity index (χ2v) is 8.78. The number of benzene rings is 3. The Kier molecular flexibility index (Phi) is 6.17. The minimum atomic E-state index is -1.25. The first-order valence-electron chi connectivity index (χ1n) is 11.3. The molecule has 0 atom stereocenters. The summed E-state index contributed by atoms with van der Waals surface area (Å²) in [5.41, 5.74) is 2.23. The van der Waals surface area contributed by atoms with Gasteiger partial charge in [-0.05, 0) is 73.7 Å². The SMILES string of the molecule is CCCn1c(CCCc2ccc(OC(C)(C)C(=O)O)cc2)nc2cc3ccccc3cc21. The van der Waals surface area contributed by atoms with E-state index >= 15 is 0 Å². The van der Waals surface area contributed by atoms with Gasteiger partial charge in [0.15, 0.2) is 5.60 Å². The second kappa shape index (κ2) is 9.03. The van der Waals surface area contributed by atoms with Gasteiger partial charge in [-0.15, -0.1) is 0 Å². The van der Waals surface area contributed by atoms with Crippen LogP contribution in [0.2, 0.25) is 0 Å². The number of hydrogen-bond acceptors (Lipinski definition) is 3. The molecule has 0 aliphatic heterocycles. The van der Waals surface area contributed by atoms with Gasteiger partial charge in [-0.3, -0.25) is 0 Å². The maximum atomic E-state index is 11.2. The van der Waals surface area contributed by atoms with E-state index in [1.807, 2.05) is 24.3 Å². The Hall–Kier alpha value is -3.34. The van der Waals surface area contributed by atoms with Crippen LogP contribution in [0.15, 0.2) is 60.7 Å². The normalized spacial score (nSPS) is 11.8. The van der Waals surface area contributed by atoms with Crippen molar-refractivity contribution in [1.29, 1.82) is 0 Å². The van der Waals surface area contributed by atoms with Crippen molar-refractivity contribution in [3.8, 4) is 5.75 Å². The van der Waals surface area contributed by atoms with Crippen LogP contribution in [0.4, 0.5) is 0 Å². The van der Waals surface area contributed by atoms with Crippen LogP contribution >= 0.6 is 0 Å². The van der Waals surface area contributed by atoms with Crippen molar-refractivity contribution in [3.05, 3.63) is 72.1 Å². The van der Waals surface area contributed by atoms with Gasteiger partial charge in [0.05, 0.1) is 11.0 Å². The number of aryl methyl sites for hydroxylation is 3. The lowest BCUT2D eigenvalue weighted by Gasteiger charge is -2.21. The Morgan fingerprint density at radius 3 is 2.38 bits per heavy atom. The fourth-order valence-corrected chi connectivity index (χ4v) is 4.04. The molecule has 3 aromatic carbocycles. The molecular formula is C27H30N2O3. The van der Waals surface area contributed by atoms with Crippen LogP contribution < -0.4 is 4.74 Å². The summed E-state index contributed by atoms with van der Waals surface area (Å²) in [7, 11) is 0. The highest BCUT2D eigenvalue weighted by Crippen LogP contribution is 2.25. The molecule has 1 heterocycles. The summed E-state index contributed by atoms with van der Waals surface area (Å²) in [5.74, 6) is 0.725. The minimum absolute atomic E-state index is 0.568. The average molecular weight is 431 g/mol. The number of nitrogens with zero attached hydrogens (tertiary/aromatic N) is 2. The standard InChI is InChI=1S/C27H30N2O3/c1-4-16-29-24-18-21-10-6-5-9-20(21)17-23(24)28-25(29)11-7-8-19-12-14-22(15-13-19)32-27(2,3)26(30)31/h5-6,9-10,12-15,17-18H,4,7-8,11,16H2,1-3H3,(H,30,31). The molecule has 0 saturated carbocycles. The molecule has 0 amide bonds. The van der Waals surface area contributed by atoms with Gasteiger partial charge in [-0.1, -0.05) is 43.3 Å². The van der Waals surface area contributed by atoms with E-state index in [0.29, 0.717) is 5.75 Å². The molecule has 0 fully saturated rings. The molecule has 0 spiro atoms. The van der Waals surface area contributed by atoms with Crippen molar-refractivity contribution in [2.24, 2.45) is 0 Å². The molecule has 0 bridgehead atoms. The third-order valence-corrected chi connectivity index (χ3v) is 5.82. The Morgan fingerprint density at radius 2 is 1.72 bits per heavy atom. The van der Waals surface area contributed by atoms with Crippen LogP contribution in [-0.4, -0.2) is 26.2 Å². The molecular weight excluding hydrogens is 400 g/mol. The van der Waals surface area contributed by atoms with Crippen LogP contribution in [-0.2, 0) is 24.2 Å². The van der Waals surface area contributed by atoms with Gasteiger partial charge in [-0.2, -0.15) is 0 Å². The number of ether oxygens (including phenoxy) is 1. The topological polar surface area (TPSA) is 64.3 Å². The van der Waals surface area contributed by atoms with Crippen molar-refractivity contribution in [1.82, 2.24) is 9.55 Å². The number of imidazole rings is 1. The van der Waals surface area contributed by atoms with E-state index in [1.54, 1.807) is 13.8 Å². The van der Waals surface area contributed by atoms with Gasteiger partial charge in [0.2, 0.25) is 0 Å². The third kappa shape index (κ3) is 4.62. The highest BCUT2D eigenvalue weighted by atomic mass is 16.5. The summed E-state index contributed by atoms with van der Waals surface area (Å²) < 4.78 is 7.96. The van der Waals surface area contributed by atoms with Gasteiger partial charge < -0.3 is 14.4 Å². The summed E-state index contributed by atoms with van der Waals surface area (Å²) >= 11 is 0. The molecule has 4 rings (SSSR count). The lowest BCUT2D eigenvalue weighted by molar-refractivity contribution is -0.152. The van der Waals surface area contributed by atoms with Gasteiger partial charge >= 0.3 is 5.97 Å². The molecule has 4 aromatic rings. The summed E-state index contributed by atoms with van der Waals surface area (Å²) in [4.78, 5) is 16.2. The number of hydrogen-bond donors (Lipinski definition) is 1. The number of aliphatic carboxylic acids is 1. The molecule has 5 heteroatoms. The number of rotatable bonds is 9.